The molecule has 128 valence electrons. The van der Waals surface area contributed by atoms with Gasteiger partial charge in [0, 0.05) is 24.2 Å². The van der Waals surface area contributed by atoms with Crippen LogP contribution >= 0.6 is 23.2 Å². The van der Waals surface area contributed by atoms with Crippen LogP contribution in [0.25, 0.3) is 0 Å². The van der Waals surface area contributed by atoms with E-state index >= 15 is 0 Å². The number of hydrogen-bond acceptors (Lipinski definition) is 3. The molecule has 0 spiro atoms. The van der Waals surface area contributed by atoms with Crippen molar-refractivity contribution in [1.82, 2.24) is 10.6 Å². The summed E-state index contributed by atoms with van der Waals surface area (Å²) in [7, 11) is 1.62. The second-order valence-corrected chi connectivity index (χ2v) is 6.81. The first-order chi connectivity index (χ1) is 11.7. The molecule has 1 aliphatic rings. The monoisotopic (exact) mass is 364 g/mol. The number of halogens is 2. The zero-order valence-corrected chi connectivity index (χ0v) is 15.2. The van der Waals surface area contributed by atoms with E-state index in [1.165, 1.54) is 12.0 Å². The van der Waals surface area contributed by atoms with Crippen LogP contribution in [0.5, 0.6) is 5.75 Å². The highest BCUT2D eigenvalue weighted by atomic mass is 35.5. The third-order valence-electron chi connectivity index (χ3n) is 4.51. The van der Waals surface area contributed by atoms with Gasteiger partial charge in [-0.1, -0.05) is 59.6 Å². The van der Waals surface area contributed by atoms with E-state index in [4.69, 9.17) is 27.9 Å². The molecule has 1 heterocycles. The lowest BCUT2D eigenvalue weighted by atomic mass is 9.92. The van der Waals surface area contributed by atoms with E-state index in [1.54, 1.807) is 7.11 Å². The fraction of sp³-hybridized carbons (Fsp3) is 0.368. The molecule has 2 N–H and O–H groups in total. The smallest absolute Gasteiger partial charge is 0.143 e. The summed E-state index contributed by atoms with van der Waals surface area (Å²) >= 11 is 12.3. The summed E-state index contributed by atoms with van der Waals surface area (Å²) in [6, 6.07) is 15.0. The second-order valence-electron chi connectivity index (χ2n) is 6.03. The standard InChI is InChI=1S/C19H22Cl2N2O/c1-24-19-14(9-10-15(20)17(19)21)12-23-16-8-5-11-22-18(16)13-6-3-2-4-7-13/h2-4,6-7,9-10,16,18,22-23H,5,8,11-12H2,1H3/t16-,18-/m1/s1. The fourth-order valence-electron chi connectivity index (χ4n) is 3.29. The van der Waals surface area contributed by atoms with E-state index in [0.717, 1.165) is 18.5 Å². The first-order valence-corrected chi connectivity index (χ1v) is 8.99. The Morgan fingerprint density at radius 3 is 2.71 bits per heavy atom. The lowest BCUT2D eigenvalue weighted by Gasteiger charge is -2.34. The van der Waals surface area contributed by atoms with E-state index in [-0.39, 0.29) is 0 Å². The quantitative estimate of drug-likeness (QED) is 0.814. The van der Waals surface area contributed by atoms with Gasteiger partial charge in [0.1, 0.15) is 10.8 Å². The van der Waals surface area contributed by atoms with Gasteiger partial charge in [0.2, 0.25) is 0 Å². The number of rotatable bonds is 5. The Balaban J connectivity index is 1.74. The van der Waals surface area contributed by atoms with Crippen LogP contribution < -0.4 is 15.4 Å². The molecule has 0 bridgehead atoms. The molecule has 1 fully saturated rings. The number of hydrogen-bond donors (Lipinski definition) is 2. The summed E-state index contributed by atoms with van der Waals surface area (Å²) in [5.74, 6) is 0.650. The molecule has 0 unspecified atom stereocenters. The van der Waals surface area contributed by atoms with E-state index in [1.807, 2.05) is 12.1 Å². The van der Waals surface area contributed by atoms with Crippen LogP contribution in [0.4, 0.5) is 0 Å². The van der Waals surface area contributed by atoms with E-state index in [2.05, 4.69) is 41.0 Å². The zero-order chi connectivity index (χ0) is 16.9. The van der Waals surface area contributed by atoms with Crippen molar-refractivity contribution in [2.45, 2.75) is 31.5 Å². The fourth-order valence-corrected chi connectivity index (χ4v) is 3.70. The summed E-state index contributed by atoms with van der Waals surface area (Å²) in [6.07, 6.45) is 2.30. The molecule has 0 radical (unpaired) electrons. The SMILES string of the molecule is COc1c(CN[C@@H]2CCCN[C@@H]2c2ccccc2)ccc(Cl)c1Cl. The van der Waals surface area contributed by atoms with Crippen molar-refractivity contribution in [3.63, 3.8) is 0 Å². The third-order valence-corrected chi connectivity index (χ3v) is 5.29. The predicted octanol–water partition coefficient (Wildman–Crippen LogP) is 4.58. The molecule has 5 heteroatoms. The number of methoxy groups -OCH3 is 1. The van der Waals surface area contributed by atoms with Gasteiger partial charge in [-0.05, 0) is 31.0 Å². The minimum absolute atomic E-state index is 0.314. The summed E-state index contributed by atoms with van der Waals surface area (Å²) in [6.45, 7) is 1.74. The van der Waals surface area contributed by atoms with Gasteiger partial charge in [-0.25, -0.2) is 0 Å². The average Bonchev–Trinajstić information content (AvgIpc) is 2.63. The van der Waals surface area contributed by atoms with Gasteiger partial charge in [-0.2, -0.15) is 0 Å². The largest absolute Gasteiger partial charge is 0.495 e. The highest BCUT2D eigenvalue weighted by molar-refractivity contribution is 6.43. The van der Waals surface area contributed by atoms with Gasteiger partial charge >= 0.3 is 0 Å². The van der Waals surface area contributed by atoms with Crippen LogP contribution in [0, 0.1) is 0 Å². The van der Waals surface area contributed by atoms with Crippen LogP contribution in [0.2, 0.25) is 10.0 Å². The van der Waals surface area contributed by atoms with Gasteiger partial charge in [0.25, 0.3) is 0 Å². The summed E-state index contributed by atoms with van der Waals surface area (Å²) in [5.41, 5.74) is 2.33. The zero-order valence-electron chi connectivity index (χ0n) is 13.7. The molecular formula is C19H22Cl2N2O. The number of ether oxygens (including phenoxy) is 1. The summed E-state index contributed by atoms with van der Waals surface area (Å²) < 4.78 is 5.44. The lowest BCUT2D eigenvalue weighted by Crippen LogP contribution is -2.45. The Labute approximate surface area is 153 Å². The molecule has 0 amide bonds. The van der Waals surface area contributed by atoms with Crippen LogP contribution in [-0.2, 0) is 6.54 Å². The number of nitrogens with one attached hydrogen (secondary N) is 2. The third kappa shape index (κ3) is 3.86. The normalized spacial score (nSPS) is 20.8. The molecule has 2 atom stereocenters. The van der Waals surface area contributed by atoms with Gasteiger partial charge in [0.15, 0.2) is 0 Å². The second kappa shape index (κ2) is 8.21. The molecule has 1 aliphatic heterocycles. The Morgan fingerprint density at radius 2 is 1.96 bits per heavy atom. The van der Waals surface area contributed by atoms with Crippen molar-refractivity contribution in [1.29, 1.82) is 0 Å². The Morgan fingerprint density at radius 1 is 1.17 bits per heavy atom. The first kappa shape index (κ1) is 17.6. The lowest BCUT2D eigenvalue weighted by molar-refractivity contribution is 0.303. The maximum Gasteiger partial charge on any atom is 0.143 e. The molecule has 0 aliphatic carbocycles. The molecular weight excluding hydrogens is 343 g/mol. The Kier molecular flexibility index (Phi) is 6.01. The van der Waals surface area contributed by atoms with Gasteiger partial charge in [0.05, 0.1) is 12.1 Å². The van der Waals surface area contributed by atoms with Crippen LogP contribution in [0.1, 0.15) is 30.0 Å². The molecule has 0 saturated carbocycles. The number of piperidine rings is 1. The minimum atomic E-state index is 0.314. The van der Waals surface area contributed by atoms with Crippen molar-refractivity contribution < 1.29 is 4.74 Å². The number of benzene rings is 2. The molecule has 0 aromatic heterocycles. The average molecular weight is 365 g/mol. The molecule has 1 saturated heterocycles. The first-order valence-electron chi connectivity index (χ1n) is 8.23. The Bertz CT molecular complexity index is 679. The minimum Gasteiger partial charge on any atom is -0.495 e. The van der Waals surface area contributed by atoms with Crippen LogP contribution in [0.3, 0.4) is 0 Å². The topological polar surface area (TPSA) is 33.3 Å². The maximum absolute atomic E-state index is 6.25. The Hall–Kier alpha value is -1.26. The van der Waals surface area contributed by atoms with Crippen molar-refractivity contribution in [3.05, 3.63) is 63.6 Å². The van der Waals surface area contributed by atoms with Crippen molar-refractivity contribution in [2.75, 3.05) is 13.7 Å². The highest BCUT2D eigenvalue weighted by Gasteiger charge is 2.26. The van der Waals surface area contributed by atoms with Crippen molar-refractivity contribution >= 4 is 23.2 Å². The van der Waals surface area contributed by atoms with Crippen molar-refractivity contribution in [2.24, 2.45) is 0 Å². The van der Waals surface area contributed by atoms with Gasteiger partial charge in [-0.15, -0.1) is 0 Å². The molecule has 24 heavy (non-hydrogen) atoms. The molecule has 2 aromatic rings. The summed E-state index contributed by atoms with van der Waals surface area (Å²) in [4.78, 5) is 0. The molecule has 3 nitrogen and oxygen atoms in total. The highest BCUT2D eigenvalue weighted by Crippen LogP contribution is 2.35. The van der Waals surface area contributed by atoms with E-state index in [0.29, 0.717) is 34.4 Å². The van der Waals surface area contributed by atoms with Crippen molar-refractivity contribution in [3.8, 4) is 5.75 Å². The summed E-state index contributed by atoms with van der Waals surface area (Å²) in [5, 5.41) is 8.28. The van der Waals surface area contributed by atoms with Crippen LogP contribution in [0.15, 0.2) is 42.5 Å². The van der Waals surface area contributed by atoms with Gasteiger partial charge < -0.3 is 15.4 Å². The predicted molar refractivity (Wildman–Crippen MR) is 100 cm³/mol. The molecule has 3 rings (SSSR count). The molecule has 2 aromatic carbocycles. The van der Waals surface area contributed by atoms with Gasteiger partial charge in [-0.3, -0.25) is 0 Å². The van der Waals surface area contributed by atoms with E-state index < -0.39 is 0 Å². The van der Waals surface area contributed by atoms with Crippen LogP contribution in [-0.4, -0.2) is 19.7 Å². The maximum atomic E-state index is 6.25. The van der Waals surface area contributed by atoms with E-state index in [9.17, 15) is 0 Å².